The maximum Gasteiger partial charge on any atom is 0.322 e. The molecule has 2 amide bonds. The van der Waals surface area contributed by atoms with E-state index in [9.17, 15) is 9.18 Å². The summed E-state index contributed by atoms with van der Waals surface area (Å²) in [6.45, 7) is 3.00. The SMILES string of the molecule is CCN(C(=O)Nc1ccc(F)c(Cl)c1)C1CC=C(c2cnc(CN)s2)CC1. The van der Waals surface area contributed by atoms with Gasteiger partial charge in [-0.3, -0.25) is 0 Å². The van der Waals surface area contributed by atoms with Crippen LogP contribution >= 0.6 is 22.9 Å². The number of nitrogens with two attached hydrogens (primary N) is 1. The number of halogens is 2. The number of hydrogen-bond donors (Lipinski definition) is 2. The zero-order valence-electron chi connectivity index (χ0n) is 15.0. The molecular formula is C19H22ClFN4OS. The van der Waals surface area contributed by atoms with Gasteiger partial charge in [0.2, 0.25) is 0 Å². The number of anilines is 1. The van der Waals surface area contributed by atoms with Crippen molar-refractivity contribution in [2.75, 3.05) is 11.9 Å². The van der Waals surface area contributed by atoms with Gasteiger partial charge in [-0.2, -0.15) is 0 Å². The van der Waals surface area contributed by atoms with Crippen molar-refractivity contribution < 1.29 is 9.18 Å². The molecule has 2 aromatic rings. The average molecular weight is 409 g/mol. The van der Waals surface area contributed by atoms with Crippen LogP contribution in [0.4, 0.5) is 14.9 Å². The molecule has 0 saturated carbocycles. The Morgan fingerprint density at radius 1 is 1.52 bits per heavy atom. The summed E-state index contributed by atoms with van der Waals surface area (Å²) in [5.41, 5.74) is 7.39. The van der Waals surface area contributed by atoms with Gasteiger partial charge in [0, 0.05) is 31.0 Å². The van der Waals surface area contributed by atoms with Gasteiger partial charge in [-0.1, -0.05) is 17.7 Å². The van der Waals surface area contributed by atoms with Crippen molar-refractivity contribution in [3.8, 4) is 0 Å². The molecule has 0 saturated heterocycles. The van der Waals surface area contributed by atoms with Crippen LogP contribution in [0.15, 0.2) is 30.5 Å². The average Bonchev–Trinajstić information content (AvgIpc) is 3.15. The standard InChI is InChI=1S/C19H22ClFN4OS/c1-2-25(19(26)24-13-5-8-16(21)15(20)9-13)14-6-3-12(4-7-14)17-11-23-18(10-22)27-17/h3,5,8-9,11,14H,2,4,6-7,10,22H2,1H3,(H,24,26). The van der Waals surface area contributed by atoms with E-state index in [1.54, 1.807) is 11.3 Å². The molecule has 0 radical (unpaired) electrons. The summed E-state index contributed by atoms with van der Waals surface area (Å²) >= 11 is 7.41. The first-order valence-electron chi connectivity index (χ1n) is 8.88. The fourth-order valence-corrected chi connectivity index (χ4v) is 4.26. The number of carbonyl (C=O) groups excluding carboxylic acids is 1. The maximum atomic E-state index is 13.3. The predicted octanol–water partition coefficient (Wildman–Crippen LogP) is 4.88. The third-order valence-corrected chi connectivity index (χ3v) is 6.03. The Morgan fingerprint density at radius 2 is 2.33 bits per heavy atom. The zero-order valence-corrected chi connectivity index (χ0v) is 16.6. The molecular weight excluding hydrogens is 387 g/mol. The molecule has 1 aromatic heterocycles. The van der Waals surface area contributed by atoms with Gasteiger partial charge in [0.15, 0.2) is 0 Å². The molecule has 5 nitrogen and oxygen atoms in total. The van der Waals surface area contributed by atoms with E-state index in [0.717, 1.165) is 29.1 Å². The molecule has 0 spiro atoms. The van der Waals surface area contributed by atoms with Crippen molar-refractivity contribution in [3.63, 3.8) is 0 Å². The lowest BCUT2D eigenvalue weighted by Crippen LogP contribution is -2.43. The first-order valence-corrected chi connectivity index (χ1v) is 10.1. The van der Waals surface area contributed by atoms with E-state index in [1.165, 1.54) is 23.8 Å². The third-order valence-electron chi connectivity index (χ3n) is 4.64. The minimum Gasteiger partial charge on any atom is -0.325 e. The van der Waals surface area contributed by atoms with Gasteiger partial charge in [0.05, 0.1) is 9.90 Å². The van der Waals surface area contributed by atoms with Gasteiger partial charge in [-0.05, 0) is 50.0 Å². The van der Waals surface area contributed by atoms with E-state index in [-0.39, 0.29) is 17.1 Å². The number of amides is 2. The van der Waals surface area contributed by atoms with Crippen molar-refractivity contribution in [1.82, 2.24) is 9.88 Å². The van der Waals surface area contributed by atoms with Gasteiger partial charge in [0.1, 0.15) is 10.8 Å². The van der Waals surface area contributed by atoms with Gasteiger partial charge < -0.3 is 16.0 Å². The molecule has 1 aromatic carbocycles. The van der Waals surface area contributed by atoms with Crippen LogP contribution in [0.3, 0.4) is 0 Å². The van der Waals surface area contributed by atoms with Crippen LogP contribution in [0.1, 0.15) is 36.1 Å². The number of nitrogens with one attached hydrogen (secondary N) is 1. The number of thiazole rings is 1. The second-order valence-corrected chi connectivity index (χ2v) is 7.85. The topological polar surface area (TPSA) is 71.2 Å². The zero-order chi connectivity index (χ0) is 19.4. The molecule has 0 bridgehead atoms. The molecule has 8 heteroatoms. The van der Waals surface area contributed by atoms with Crippen molar-refractivity contribution in [3.05, 3.63) is 51.2 Å². The van der Waals surface area contributed by atoms with Gasteiger partial charge in [0.25, 0.3) is 0 Å². The Bertz CT molecular complexity index is 854. The highest BCUT2D eigenvalue weighted by Gasteiger charge is 2.25. The van der Waals surface area contributed by atoms with Crippen LogP contribution in [0.5, 0.6) is 0 Å². The monoisotopic (exact) mass is 408 g/mol. The summed E-state index contributed by atoms with van der Waals surface area (Å²) < 4.78 is 13.3. The minimum atomic E-state index is -0.507. The summed E-state index contributed by atoms with van der Waals surface area (Å²) in [5, 5.41) is 3.72. The van der Waals surface area contributed by atoms with Gasteiger partial charge >= 0.3 is 6.03 Å². The number of nitrogens with zero attached hydrogens (tertiary/aromatic N) is 2. The molecule has 3 rings (SSSR count). The minimum absolute atomic E-state index is 0.0116. The molecule has 0 fully saturated rings. The predicted molar refractivity (Wildman–Crippen MR) is 108 cm³/mol. The number of benzene rings is 1. The Balaban J connectivity index is 1.65. The second kappa shape index (κ2) is 8.82. The van der Waals surface area contributed by atoms with Crippen molar-refractivity contribution >= 4 is 40.2 Å². The molecule has 1 atom stereocenters. The summed E-state index contributed by atoms with van der Waals surface area (Å²) in [4.78, 5) is 19.9. The molecule has 27 heavy (non-hydrogen) atoms. The first kappa shape index (κ1) is 19.8. The van der Waals surface area contributed by atoms with E-state index < -0.39 is 5.82 Å². The molecule has 3 N–H and O–H groups in total. The Labute approximate surface area is 167 Å². The first-order chi connectivity index (χ1) is 13.0. The number of carbonyl (C=O) groups is 1. The summed E-state index contributed by atoms with van der Waals surface area (Å²) in [6, 6.07) is 4.08. The van der Waals surface area contributed by atoms with Gasteiger partial charge in [-0.25, -0.2) is 14.2 Å². The lowest BCUT2D eigenvalue weighted by atomic mass is 9.93. The van der Waals surface area contributed by atoms with E-state index in [4.69, 9.17) is 17.3 Å². The highest BCUT2D eigenvalue weighted by Crippen LogP contribution is 2.32. The summed E-state index contributed by atoms with van der Waals surface area (Å²) in [7, 11) is 0. The van der Waals surface area contributed by atoms with Crippen LogP contribution in [0.2, 0.25) is 5.02 Å². The van der Waals surface area contributed by atoms with Crippen LogP contribution in [0.25, 0.3) is 5.57 Å². The fraction of sp³-hybridized carbons (Fsp3) is 0.368. The van der Waals surface area contributed by atoms with Crippen LogP contribution in [0, 0.1) is 5.82 Å². The quantitative estimate of drug-likeness (QED) is 0.740. The van der Waals surface area contributed by atoms with Crippen LogP contribution in [-0.2, 0) is 6.54 Å². The van der Waals surface area contributed by atoms with Crippen LogP contribution in [-0.4, -0.2) is 28.5 Å². The highest BCUT2D eigenvalue weighted by atomic mass is 35.5. The van der Waals surface area contributed by atoms with Crippen LogP contribution < -0.4 is 11.1 Å². The van der Waals surface area contributed by atoms with Crippen molar-refractivity contribution in [2.24, 2.45) is 5.73 Å². The molecule has 1 aliphatic rings. The Hall–Kier alpha value is -1.96. The fourth-order valence-electron chi connectivity index (χ4n) is 3.22. The normalized spacial score (nSPS) is 16.7. The van der Waals surface area contributed by atoms with Crippen molar-refractivity contribution in [2.45, 2.75) is 38.8 Å². The largest absolute Gasteiger partial charge is 0.325 e. The molecule has 144 valence electrons. The number of urea groups is 1. The smallest absolute Gasteiger partial charge is 0.322 e. The molecule has 0 aliphatic heterocycles. The molecule has 1 heterocycles. The maximum absolute atomic E-state index is 13.3. The molecule has 1 unspecified atom stereocenters. The third kappa shape index (κ3) is 4.66. The number of hydrogen-bond acceptors (Lipinski definition) is 4. The second-order valence-electron chi connectivity index (χ2n) is 6.32. The lowest BCUT2D eigenvalue weighted by molar-refractivity contribution is 0.187. The van der Waals surface area contributed by atoms with Gasteiger partial charge in [-0.15, -0.1) is 11.3 Å². The molecule has 1 aliphatic carbocycles. The summed E-state index contributed by atoms with van der Waals surface area (Å²) in [5.74, 6) is -0.507. The van der Waals surface area contributed by atoms with E-state index in [0.29, 0.717) is 18.8 Å². The number of aromatic nitrogens is 1. The number of rotatable bonds is 5. The van der Waals surface area contributed by atoms with E-state index >= 15 is 0 Å². The highest BCUT2D eigenvalue weighted by molar-refractivity contribution is 7.12. The number of allylic oxidation sites excluding steroid dienone is 1. The summed E-state index contributed by atoms with van der Waals surface area (Å²) in [6.07, 6.45) is 6.63. The van der Waals surface area contributed by atoms with Crippen molar-refractivity contribution in [1.29, 1.82) is 0 Å². The lowest BCUT2D eigenvalue weighted by Gasteiger charge is -2.33. The Kier molecular flexibility index (Phi) is 6.46. The van der Waals surface area contributed by atoms with E-state index in [2.05, 4.69) is 16.4 Å². The Morgan fingerprint density at radius 3 is 2.93 bits per heavy atom. The van der Waals surface area contributed by atoms with E-state index in [1.807, 2.05) is 18.0 Å².